The maximum atomic E-state index is 11.6. The lowest BCUT2D eigenvalue weighted by atomic mass is 9.84. The zero-order valence-electron chi connectivity index (χ0n) is 9.55. The molecule has 0 heterocycles. The second kappa shape index (κ2) is 4.75. The molecule has 2 heteroatoms. The van der Waals surface area contributed by atoms with Crippen molar-refractivity contribution >= 4 is 5.78 Å². The summed E-state index contributed by atoms with van der Waals surface area (Å²) in [4.78, 5) is 11.6. The Balaban J connectivity index is 4.12. The van der Waals surface area contributed by atoms with Crippen molar-refractivity contribution in [2.24, 2.45) is 17.1 Å². The van der Waals surface area contributed by atoms with E-state index in [1.165, 1.54) is 0 Å². The third-order valence-electron chi connectivity index (χ3n) is 2.33. The van der Waals surface area contributed by atoms with Crippen LogP contribution in [0.4, 0.5) is 0 Å². The van der Waals surface area contributed by atoms with Crippen molar-refractivity contribution in [2.45, 2.75) is 53.5 Å². The van der Waals surface area contributed by atoms with Crippen molar-refractivity contribution in [1.29, 1.82) is 0 Å². The van der Waals surface area contributed by atoms with Gasteiger partial charge in [-0.25, -0.2) is 0 Å². The van der Waals surface area contributed by atoms with Crippen LogP contribution in [0, 0.1) is 11.3 Å². The largest absolute Gasteiger partial charge is 0.321 e. The van der Waals surface area contributed by atoms with E-state index in [9.17, 15) is 4.79 Å². The van der Waals surface area contributed by atoms with Crippen molar-refractivity contribution < 1.29 is 4.79 Å². The molecule has 2 nitrogen and oxygen atoms in total. The van der Waals surface area contributed by atoms with Crippen LogP contribution in [0.5, 0.6) is 0 Å². The molecule has 0 fully saturated rings. The molecule has 0 aromatic carbocycles. The molecular weight excluding hydrogens is 162 g/mol. The van der Waals surface area contributed by atoms with Crippen LogP contribution in [0.3, 0.4) is 0 Å². The predicted octanol–water partition coefficient (Wildman–Crippen LogP) is 2.37. The summed E-state index contributed by atoms with van der Waals surface area (Å²) >= 11 is 0. The Labute approximate surface area is 81.9 Å². The fourth-order valence-corrected chi connectivity index (χ4v) is 1.21. The summed E-state index contributed by atoms with van der Waals surface area (Å²) in [5.41, 5.74) is 5.89. The van der Waals surface area contributed by atoms with Gasteiger partial charge in [-0.1, -0.05) is 41.0 Å². The Morgan fingerprint density at radius 1 is 1.38 bits per heavy atom. The fraction of sp³-hybridized carbons (Fsp3) is 0.909. The van der Waals surface area contributed by atoms with Gasteiger partial charge in [-0.05, 0) is 11.3 Å². The van der Waals surface area contributed by atoms with Gasteiger partial charge in [0.2, 0.25) is 0 Å². The van der Waals surface area contributed by atoms with E-state index >= 15 is 0 Å². The Hall–Kier alpha value is -0.370. The molecule has 0 aliphatic carbocycles. The number of ketones is 1. The molecule has 0 radical (unpaired) electrons. The average Bonchev–Trinajstić information content (AvgIpc) is 1.98. The van der Waals surface area contributed by atoms with Crippen LogP contribution in [-0.2, 0) is 4.79 Å². The second-order valence-corrected chi connectivity index (χ2v) is 5.12. The van der Waals surface area contributed by atoms with Gasteiger partial charge >= 0.3 is 0 Å². The highest BCUT2D eigenvalue weighted by atomic mass is 16.1. The van der Waals surface area contributed by atoms with E-state index in [1.54, 1.807) is 0 Å². The summed E-state index contributed by atoms with van der Waals surface area (Å²) in [7, 11) is 0. The Morgan fingerprint density at radius 2 is 1.85 bits per heavy atom. The first-order chi connectivity index (χ1) is 5.78. The number of hydrogen-bond acceptors (Lipinski definition) is 2. The number of Topliss-reactive ketones (excluding diaryl/α,β-unsaturated/α-hetero) is 1. The van der Waals surface area contributed by atoms with Crippen molar-refractivity contribution in [3.63, 3.8) is 0 Å². The summed E-state index contributed by atoms with van der Waals surface area (Å²) in [5.74, 6) is 0.497. The number of nitrogens with two attached hydrogens (primary N) is 1. The summed E-state index contributed by atoms with van der Waals surface area (Å²) in [6.07, 6.45) is 1.55. The SMILES string of the molecule is CCC(C)[C@H](N)C(=O)CC(C)(C)C. The van der Waals surface area contributed by atoms with Gasteiger partial charge in [0.05, 0.1) is 6.04 Å². The molecule has 0 aromatic heterocycles. The van der Waals surface area contributed by atoms with E-state index in [-0.39, 0.29) is 17.2 Å². The molecule has 2 atom stereocenters. The van der Waals surface area contributed by atoms with Crippen molar-refractivity contribution in [3.8, 4) is 0 Å². The Kier molecular flexibility index (Phi) is 4.62. The van der Waals surface area contributed by atoms with E-state index in [0.29, 0.717) is 12.3 Å². The van der Waals surface area contributed by atoms with Crippen LogP contribution < -0.4 is 5.73 Å². The molecular formula is C11H23NO. The molecule has 2 N–H and O–H groups in total. The predicted molar refractivity (Wildman–Crippen MR) is 56.5 cm³/mol. The van der Waals surface area contributed by atoms with E-state index in [4.69, 9.17) is 5.73 Å². The smallest absolute Gasteiger partial charge is 0.150 e. The van der Waals surface area contributed by atoms with Crippen molar-refractivity contribution in [1.82, 2.24) is 0 Å². The third-order valence-corrected chi connectivity index (χ3v) is 2.33. The Bertz CT molecular complexity index is 169. The first kappa shape index (κ1) is 12.6. The molecule has 0 aliphatic rings. The van der Waals surface area contributed by atoms with Crippen LogP contribution >= 0.6 is 0 Å². The number of rotatable bonds is 4. The van der Waals surface area contributed by atoms with Gasteiger partial charge in [0.15, 0.2) is 0 Å². The third kappa shape index (κ3) is 5.04. The molecule has 0 rings (SSSR count). The van der Waals surface area contributed by atoms with Crippen LogP contribution in [0.1, 0.15) is 47.5 Å². The number of carbonyl (C=O) groups excluding carboxylic acids is 1. The van der Waals surface area contributed by atoms with E-state index in [1.807, 2.05) is 6.92 Å². The van der Waals surface area contributed by atoms with Crippen molar-refractivity contribution in [2.75, 3.05) is 0 Å². The topological polar surface area (TPSA) is 43.1 Å². The van der Waals surface area contributed by atoms with E-state index in [0.717, 1.165) is 6.42 Å². The van der Waals surface area contributed by atoms with E-state index < -0.39 is 0 Å². The van der Waals surface area contributed by atoms with Gasteiger partial charge in [-0.15, -0.1) is 0 Å². The summed E-state index contributed by atoms with van der Waals surface area (Å²) < 4.78 is 0. The molecule has 0 spiro atoms. The zero-order valence-corrected chi connectivity index (χ0v) is 9.55. The lowest BCUT2D eigenvalue weighted by Crippen LogP contribution is -2.38. The first-order valence-corrected chi connectivity index (χ1v) is 5.06. The van der Waals surface area contributed by atoms with Crippen LogP contribution in [-0.4, -0.2) is 11.8 Å². The molecule has 1 unspecified atom stereocenters. The van der Waals surface area contributed by atoms with Crippen molar-refractivity contribution in [3.05, 3.63) is 0 Å². The van der Waals surface area contributed by atoms with Crippen LogP contribution in [0.2, 0.25) is 0 Å². The van der Waals surface area contributed by atoms with Gasteiger partial charge in [-0.2, -0.15) is 0 Å². The first-order valence-electron chi connectivity index (χ1n) is 5.06. The number of carbonyl (C=O) groups is 1. The van der Waals surface area contributed by atoms with Gasteiger partial charge in [0.25, 0.3) is 0 Å². The summed E-state index contributed by atoms with van der Waals surface area (Å²) in [5, 5.41) is 0. The minimum Gasteiger partial charge on any atom is -0.321 e. The van der Waals surface area contributed by atoms with Crippen LogP contribution in [0.15, 0.2) is 0 Å². The maximum Gasteiger partial charge on any atom is 0.150 e. The average molecular weight is 185 g/mol. The van der Waals surface area contributed by atoms with Gasteiger partial charge in [0, 0.05) is 6.42 Å². The fourth-order valence-electron chi connectivity index (χ4n) is 1.21. The highest BCUT2D eigenvalue weighted by Crippen LogP contribution is 2.21. The van der Waals surface area contributed by atoms with Crippen LogP contribution in [0.25, 0.3) is 0 Å². The number of hydrogen-bond donors (Lipinski definition) is 1. The lowest BCUT2D eigenvalue weighted by Gasteiger charge is -2.22. The highest BCUT2D eigenvalue weighted by molar-refractivity contribution is 5.84. The normalized spacial score (nSPS) is 16.8. The summed E-state index contributed by atoms with van der Waals surface area (Å²) in [6, 6.07) is -0.274. The molecule has 13 heavy (non-hydrogen) atoms. The second-order valence-electron chi connectivity index (χ2n) is 5.12. The maximum absolute atomic E-state index is 11.6. The molecule has 0 bridgehead atoms. The molecule has 0 aliphatic heterocycles. The van der Waals surface area contributed by atoms with Gasteiger partial charge < -0.3 is 5.73 Å². The molecule has 78 valence electrons. The lowest BCUT2D eigenvalue weighted by molar-refractivity contribution is -0.123. The zero-order chi connectivity index (χ0) is 10.6. The molecule has 0 aromatic rings. The van der Waals surface area contributed by atoms with Gasteiger partial charge in [-0.3, -0.25) is 4.79 Å². The monoisotopic (exact) mass is 185 g/mol. The molecule has 0 amide bonds. The Morgan fingerprint density at radius 3 is 2.15 bits per heavy atom. The minimum atomic E-state index is -0.274. The van der Waals surface area contributed by atoms with E-state index in [2.05, 4.69) is 27.7 Å². The quantitative estimate of drug-likeness (QED) is 0.730. The molecule has 0 saturated carbocycles. The minimum absolute atomic E-state index is 0.0577. The highest BCUT2D eigenvalue weighted by Gasteiger charge is 2.24. The molecule has 0 saturated heterocycles. The standard InChI is InChI=1S/C11H23NO/c1-6-8(2)10(12)9(13)7-11(3,4)5/h8,10H,6-7,12H2,1-5H3/t8?,10-/m0/s1. The summed E-state index contributed by atoms with van der Waals surface area (Å²) in [6.45, 7) is 10.3. The van der Waals surface area contributed by atoms with Gasteiger partial charge in [0.1, 0.15) is 5.78 Å².